The van der Waals surface area contributed by atoms with Gasteiger partial charge in [0, 0.05) is 0 Å². The number of rotatable bonds is 5. The smallest absolute Gasteiger partial charge is 0.0500 e. The normalized spacial score (nSPS) is 11.4. The predicted molar refractivity (Wildman–Crippen MR) is 46.1 cm³/mol. The second-order valence-electron chi connectivity index (χ2n) is 2.93. The minimum absolute atomic E-state index is 1.09. The fourth-order valence-electron chi connectivity index (χ4n) is 1.05. The molecule has 0 aromatic heterocycles. The van der Waals surface area contributed by atoms with E-state index in [1.807, 2.05) is 0 Å². The molecule has 0 fully saturated rings. The van der Waals surface area contributed by atoms with E-state index in [4.69, 9.17) is 0 Å². The zero-order valence-corrected chi connectivity index (χ0v) is 7.72. The highest BCUT2D eigenvalue weighted by Gasteiger charge is 1.99. The Kier molecular flexibility index (Phi) is 5.64. The van der Waals surface area contributed by atoms with Crippen LogP contribution in [0, 0.1) is 0 Å². The molecular weight excluding hydrogens is 124 g/mol. The molecule has 0 atom stereocenters. The van der Waals surface area contributed by atoms with Crippen molar-refractivity contribution < 1.29 is 0 Å². The average Bonchev–Trinajstić information content (AvgIpc) is 1.86. The summed E-state index contributed by atoms with van der Waals surface area (Å²) >= 11 is 0. The lowest BCUT2D eigenvalue weighted by molar-refractivity contribution is 0.184. The molecule has 0 saturated carbocycles. The van der Waals surface area contributed by atoms with Crippen LogP contribution >= 0.6 is 0 Å². The van der Waals surface area contributed by atoms with Crippen molar-refractivity contribution in [2.75, 3.05) is 33.9 Å². The molecule has 0 aliphatic heterocycles. The third-order valence-corrected chi connectivity index (χ3v) is 1.47. The van der Waals surface area contributed by atoms with Gasteiger partial charge in [-0.3, -0.25) is 9.80 Å². The average molecular weight is 144 g/mol. The summed E-state index contributed by atoms with van der Waals surface area (Å²) < 4.78 is 0. The maximum atomic E-state index is 2.43. The van der Waals surface area contributed by atoms with Gasteiger partial charge in [-0.2, -0.15) is 0 Å². The van der Waals surface area contributed by atoms with Gasteiger partial charge in [0.25, 0.3) is 0 Å². The maximum Gasteiger partial charge on any atom is 0.0500 e. The number of nitrogens with zero attached hydrogens (tertiary/aromatic N) is 2. The van der Waals surface area contributed by atoms with E-state index in [1.54, 1.807) is 0 Å². The van der Waals surface area contributed by atoms with E-state index in [0.717, 1.165) is 13.2 Å². The Morgan fingerprint density at radius 2 is 1.70 bits per heavy atom. The lowest BCUT2D eigenvalue weighted by Gasteiger charge is -2.23. The van der Waals surface area contributed by atoms with Gasteiger partial charge >= 0.3 is 0 Å². The molecule has 0 radical (unpaired) electrons. The second kappa shape index (κ2) is 5.69. The second-order valence-corrected chi connectivity index (χ2v) is 2.93. The highest BCUT2D eigenvalue weighted by Crippen LogP contribution is 1.90. The van der Waals surface area contributed by atoms with Gasteiger partial charge in [0.15, 0.2) is 0 Å². The lowest BCUT2D eigenvalue weighted by Crippen LogP contribution is -2.33. The van der Waals surface area contributed by atoms with Crippen LogP contribution in [0.5, 0.6) is 0 Å². The first-order valence-corrected chi connectivity index (χ1v) is 4.07. The fourth-order valence-corrected chi connectivity index (χ4v) is 1.05. The molecule has 0 aromatic rings. The lowest BCUT2D eigenvalue weighted by atomic mass is 10.4. The van der Waals surface area contributed by atoms with Gasteiger partial charge in [0.2, 0.25) is 0 Å². The molecule has 0 unspecified atom stereocenters. The first kappa shape index (κ1) is 9.92. The highest BCUT2D eigenvalue weighted by molar-refractivity contribution is 4.50. The number of hydrogen-bond donors (Lipinski definition) is 0. The van der Waals surface area contributed by atoms with Crippen LogP contribution in [0.1, 0.15) is 20.3 Å². The van der Waals surface area contributed by atoms with Gasteiger partial charge in [-0.25, -0.2) is 0 Å². The molecular formula is C8H20N2. The summed E-state index contributed by atoms with van der Waals surface area (Å²) in [4.78, 5) is 4.64. The SMILES string of the molecule is CCCN(CC)CN(C)C. The van der Waals surface area contributed by atoms with Crippen molar-refractivity contribution in [1.82, 2.24) is 9.80 Å². The van der Waals surface area contributed by atoms with Crippen molar-refractivity contribution >= 4 is 0 Å². The first-order chi connectivity index (χ1) is 4.70. The minimum atomic E-state index is 1.09. The van der Waals surface area contributed by atoms with Gasteiger partial charge in [-0.05, 0) is 33.6 Å². The Morgan fingerprint density at radius 1 is 1.10 bits per heavy atom. The largest absolute Gasteiger partial charge is 0.297 e. The van der Waals surface area contributed by atoms with E-state index in [0.29, 0.717) is 0 Å². The Morgan fingerprint density at radius 3 is 2.00 bits per heavy atom. The summed E-state index contributed by atoms with van der Waals surface area (Å²) in [5, 5.41) is 0. The van der Waals surface area contributed by atoms with Crippen LogP contribution in [0.25, 0.3) is 0 Å². The zero-order valence-electron chi connectivity index (χ0n) is 7.72. The Balaban J connectivity index is 3.39. The van der Waals surface area contributed by atoms with E-state index < -0.39 is 0 Å². The monoisotopic (exact) mass is 144 g/mol. The van der Waals surface area contributed by atoms with E-state index >= 15 is 0 Å². The molecule has 2 nitrogen and oxygen atoms in total. The summed E-state index contributed by atoms with van der Waals surface area (Å²) in [7, 11) is 4.22. The molecule has 0 spiro atoms. The quantitative estimate of drug-likeness (QED) is 0.536. The van der Waals surface area contributed by atoms with Crippen molar-refractivity contribution in [2.24, 2.45) is 0 Å². The Labute approximate surface area is 64.8 Å². The van der Waals surface area contributed by atoms with Crippen LogP contribution < -0.4 is 0 Å². The minimum Gasteiger partial charge on any atom is -0.297 e. The summed E-state index contributed by atoms with van der Waals surface area (Å²) in [5.41, 5.74) is 0. The van der Waals surface area contributed by atoms with Gasteiger partial charge in [-0.1, -0.05) is 13.8 Å². The van der Waals surface area contributed by atoms with Crippen LogP contribution in [-0.4, -0.2) is 43.7 Å². The van der Waals surface area contributed by atoms with Gasteiger partial charge < -0.3 is 0 Å². The van der Waals surface area contributed by atoms with E-state index in [1.165, 1.54) is 13.0 Å². The third kappa shape index (κ3) is 4.77. The van der Waals surface area contributed by atoms with Crippen molar-refractivity contribution in [2.45, 2.75) is 20.3 Å². The zero-order chi connectivity index (χ0) is 7.98. The Bertz CT molecular complexity index is 71.7. The molecule has 0 aromatic carbocycles. The molecule has 0 saturated heterocycles. The fraction of sp³-hybridized carbons (Fsp3) is 1.00. The molecule has 0 aliphatic carbocycles. The Hall–Kier alpha value is -0.0800. The molecule has 62 valence electrons. The first-order valence-electron chi connectivity index (χ1n) is 4.07. The molecule has 10 heavy (non-hydrogen) atoms. The van der Waals surface area contributed by atoms with Gasteiger partial charge in [0.05, 0.1) is 6.67 Å². The van der Waals surface area contributed by atoms with Crippen LogP contribution in [0.3, 0.4) is 0 Å². The molecule has 0 aliphatic rings. The summed E-state index contributed by atoms with van der Waals surface area (Å²) in [5.74, 6) is 0. The summed E-state index contributed by atoms with van der Waals surface area (Å²) in [6.45, 7) is 7.89. The standard InChI is InChI=1S/C8H20N2/c1-5-7-10(6-2)8-9(3)4/h5-8H2,1-4H3. The number of hydrogen-bond acceptors (Lipinski definition) is 2. The topological polar surface area (TPSA) is 6.48 Å². The molecule has 0 rings (SSSR count). The van der Waals surface area contributed by atoms with Crippen molar-refractivity contribution in [3.8, 4) is 0 Å². The molecule has 0 bridgehead atoms. The molecule has 0 N–H and O–H groups in total. The third-order valence-electron chi connectivity index (χ3n) is 1.47. The summed E-state index contributed by atoms with van der Waals surface area (Å²) in [6, 6.07) is 0. The highest BCUT2D eigenvalue weighted by atomic mass is 15.3. The molecule has 0 heterocycles. The van der Waals surface area contributed by atoms with Crippen LogP contribution in [-0.2, 0) is 0 Å². The maximum absolute atomic E-state index is 2.43. The summed E-state index contributed by atoms with van der Waals surface area (Å²) in [6.07, 6.45) is 1.25. The van der Waals surface area contributed by atoms with Crippen LogP contribution in [0.4, 0.5) is 0 Å². The van der Waals surface area contributed by atoms with Crippen LogP contribution in [0.2, 0.25) is 0 Å². The van der Waals surface area contributed by atoms with Gasteiger partial charge in [0.1, 0.15) is 0 Å². The van der Waals surface area contributed by atoms with E-state index in [9.17, 15) is 0 Å². The van der Waals surface area contributed by atoms with Crippen molar-refractivity contribution in [3.05, 3.63) is 0 Å². The van der Waals surface area contributed by atoms with Crippen LogP contribution in [0.15, 0.2) is 0 Å². The van der Waals surface area contributed by atoms with Crippen molar-refractivity contribution in [3.63, 3.8) is 0 Å². The predicted octanol–water partition coefficient (Wildman–Crippen LogP) is 1.24. The van der Waals surface area contributed by atoms with Gasteiger partial charge in [-0.15, -0.1) is 0 Å². The molecule has 2 heteroatoms. The molecule has 0 amide bonds. The van der Waals surface area contributed by atoms with E-state index in [-0.39, 0.29) is 0 Å². The van der Waals surface area contributed by atoms with E-state index in [2.05, 4.69) is 37.7 Å². The van der Waals surface area contributed by atoms with Crippen molar-refractivity contribution in [1.29, 1.82) is 0 Å².